The summed E-state index contributed by atoms with van der Waals surface area (Å²) in [5.74, 6) is 1.21. The van der Waals surface area contributed by atoms with Gasteiger partial charge < -0.3 is 10.5 Å². The minimum absolute atomic E-state index is 0.315. The van der Waals surface area contributed by atoms with Crippen LogP contribution >= 0.6 is 35.0 Å². The maximum absolute atomic E-state index is 5.96. The van der Waals surface area contributed by atoms with Gasteiger partial charge in [-0.15, -0.1) is 11.8 Å². The fraction of sp³-hybridized carbons (Fsp3) is 0.444. The maximum Gasteiger partial charge on any atom is 0.143 e. The molecule has 3 nitrogen and oxygen atoms in total. The topological polar surface area (TPSA) is 48.1 Å². The molecular weight excluding hydrogens is 255 g/mol. The largest absolute Gasteiger partial charge is 0.385 e. The molecule has 0 bridgehead atoms. The fourth-order valence-corrected chi connectivity index (χ4v) is 2.27. The van der Waals surface area contributed by atoms with Crippen LogP contribution in [0, 0.1) is 0 Å². The molecule has 0 atom stereocenters. The summed E-state index contributed by atoms with van der Waals surface area (Å²) < 4.78 is 4.94. The van der Waals surface area contributed by atoms with E-state index >= 15 is 0 Å². The number of methoxy groups -OCH3 is 1. The minimum Gasteiger partial charge on any atom is -0.385 e. The number of hydrogen-bond donors (Lipinski definition) is 1. The lowest BCUT2D eigenvalue weighted by molar-refractivity contribution is 0.200. The zero-order valence-electron chi connectivity index (χ0n) is 8.30. The summed E-state index contributed by atoms with van der Waals surface area (Å²) in [5.41, 5.74) is 5.58. The Hall–Kier alpha value is -0.160. The van der Waals surface area contributed by atoms with E-state index in [4.69, 9.17) is 33.7 Å². The van der Waals surface area contributed by atoms with E-state index in [1.54, 1.807) is 24.9 Å². The van der Waals surface area contributed by atoms with E-state index in [1.165, 1.54) is 0 Å². The lowest BCUT2D eigenvalue weighted by Crippen LogP contribution is -1.95. The Labute approximate surface area is 103 Å². The molecule has 1 rings (SSSR count). The standard InChI is InChI=1S/C9H12Cl2N2OS/c1-14-3-2-4-15-9-7(11)5-6(10)8(12)13-9/h5H,2-4H2,1H3,(H2,12,13). The van der Waals surface area contributed by atoms with Gasteiger partial charge in [0.2, 0.25) is 0 Å². The molecule has 1 aromatic rings. The number of hydrogen-bond acceptors (Lipinski definition) is 4. The predicted octanol–water partition coefficient (Wildman–Crippen LogP) is 3.10. The lowest BCUT2D eigenvalue weighted by atomic mass is 10.5. The van der Waals surface area contributed by atoms with Crippen molar-refractivity contribution in [3.8, 4) is 0 Å². The monoisotopic (exact) mass is 266 g/mol. The third-order valence-electron chi connectivity index (χ3n) is 1.66. The third-order valence-corrected chi connectivity index (χ3v) is 3.44. The van der Waals surface area contributed by atoms with Crippen LogP contribution in [0.15, 0.2) is 11.1 Å². The van der Waals surface area contributed by atoms with Crippen molar-refractivity contribution < 1.29 is 4.74 Å². The zero-order chi connectivity index (χ0) is 11.3. The molecule has 1 heterocycles. The first-order valence-electron chi connectivity index (χ1n) is 4.38. The van der Waals surface area contributed by atoms with E-state index in [0.29, 0.717) is 15.9 Å². The summed E-state index contributed by atoms with van der Waals surface area (Å²) in [7, 11) is 1.68. The van der Waals surface area contributed by atoms with Crippen LogP contribution in [0.4, 0.5) is 5.82 Å². The highest BCUT2D eigenvalue weighted by Crippen LogP contribution is 2.30. The molecule has 6 heteroatoms. The third kappa shape index (κ3) is 4.07. The second kappa shape index (κ2) is 6.43. The second-order valence-electron chi connectivity index (χ2n) is 2.84. The molecule has 0 spiro atoms. The van der Waals surface area contributed by atoms with Gasteiger partial charge in [-0.25, -0.2) is 4.98 Å². The van der Waals surface area contributed by atoms with Crippen molar-refractivity contribution in [2.45, 2.75) is 11.4 Å². The van der Waals surface area contributed by atoms with Gasteiger partial charge in [0, 0.05) is 19.5 Å². The Balaban J connectivity index is 2.57. The van der Waals surface area contributed by atoms with Gasteiger partial charge in [-0.2, -0.15) is 0 Å². The molecule has 0 saturated carbocycles. The Morgan fingerprint density at radius 3 is 2.87 bits per heavy atom. The van der Waals surface area contributed by atoms with Crippen molar-refractivity contribution in [2.24, 2.45) is 0 Å². The van der Waals surface area contributed by atoms with E-state index in [1.807, 2.05) is 0 Å². The summed E-state index contributed by atoms with van der Waals surface area (Å²) in [6, 6.07) is 1.62. The van der Waals surface area contributed by atoms with Gasteiger partial charge in [-0.1, -0.05) is 23.2 Å². The van der Waals surface area contributed by atoms with Crippen LogP contribution in [0.25, 0.3) is 0 Å². The summed E-state index contributed by atoms with van der Waals surface area (Å²) in [6.45, 7) is 0.730. The van der Waals surface area contributed by atoms with E-state index in [9.17, 15) is 0 Å². The first-order chi connectivity index (χ1) is 7.15. The number of rotatable bonds is 5. The van der Waals surface area contributed by atoms with Crippen molar-refractivity contribution in [1.29, 1.82) is 0 Å². The smallest absolute Gasteiger partial charge is 0.143 e. The van der Waals surface area contributed by atoms with Crippen molar-refractivity contribution in [3.63, 3.8) is 0 Å². The number of pyridine rings is 1. The lowest BCUT2D eigenvalue weighted by Gasteiger charge is -2.05. The predicted molar refractivity (Wildman–Crippen MR) is 65.9 cm³/mol. The molecule has 1 aromatic heterocycles. The molecule has 0 aliphatic rings. The van der Waals surface area contributed by atoms with Crippen molar-refractivity contribution >= 4 is 40.8 Å². The first kappa shape index (κ1) is 12.9. The highest BCUT2D eigenvalue weighted by molar-refractivity contribution is 7.99. The van der Waals surface area contributed by atoms with Gasteiger partial charge in [0.15, 0.2) is 0 Å². The fourth-order valence-electron chi connectivity index (χ4n) is 0.936. The van der Waals surface area contributed by atoms with Crippen LogP contribution in [0.3, 0.4) is 0 Å². The average Bonchev–Trinajstić information content (AvgIpc) is 2.20. The van der Waals surface area contributed by atoms with Crippen LogP contribution in [-0.2, 0) is 4.74 Å². The van der Waals surface area contributed by atoms with Crippen LogP contribution in [-0.4, -0.2) is 24.5 Å². The molecule has 0 aliphatic heterocycles. The van der Waals surface area contributed by atoms with Gasteiger partial charge in [0.25, 0.3) is 0 Å². The van der Waals surface area contributed by atoms with Gasteiger partial charge in [0.1, 0.15) is 10.8 Å². The molecule has 84 valence electrons. The van der Waals surface area contributed by atoms with Crippen molar-refractivity contribution in [3.05, 3.63) is 16.1 Å². The summed E-state index contributed by atoms with van der Waals surface area (Å²) in [4.78, 5) is 4.11. The number of anilines is 1. The van der Waals surface area contributed by atoms with E-state index < -0.39 is 0 Å². The van der Waals surface area contributed by atoms with Gasteiger partial charge in [-0.3, -0.25) is 0 Å². The quantitative estimate of drug-likeness (QED) is 0.657. The average molecular weight is 267 g/mol. The number of nitrogens with zero attached hydrogens (tertiary/aromatic N) is 1. The Bertz CT molecular complexity index is 336. The van der Waals surface area contributed by atoms with Crippen LogP contribution in [0.5, 0.6) is 0 Å². The molecule has 0 unspecified atom stereocenters. The SMILES string of the molecule is COCCCSc1nc(N)c(Cl)cc1Cl. The number of thioether (sulfide) groups is 1. The molecule has 0 radical (unpaired) electrons. The van der Waals surface area contributed by atoms with E-state index in [0.717, 1.165) is 23.8 Å². The summed E-state index contributed by atoms with van der Waals surface area (Å²) >= 11 is 13.3. The normalized spacial score (nSPS) is 10.6. The molecule has 15 heavy (non-hydrogen) atoms. The zero-order valence-corrected chi connectivity index (χ0v) is 10.6. The van der Waals surface area contributed by atoms with Crippen LogP contribution in [0.1, 0.15) is 6.42 Å². The first-order valence-corrected chi connectivity index (χ1v) is 6.12. The summed E-state index contributed by atoms with van der Waals surface area (Å²) in [6.07, 6.45) is 0.946. The number of nitrogen functional groups attached to an aromatic ring is 1. The molecule has 0 fully saturated rings. The van der Waals surface area contributed by atoms with E-state index in [2.05, 4.69) is 4.98 Å². The number of halogens is 2. The van der Waals surface area contributed by atoms with Crippen LogP contribution in [0.2, 0.25) is 10.0 Å². The highest BCUT2D eigenvalue weighted by Gasteiger charge is 2.07. The van der Waals surface area contributed by atoms with Gasteiger partial charge in [0.05, 0.1) is 10.0 Å². The Morgan fingerprint density at radius 1 is 1.47 bits per heavy atom. The Kier molecular flexibility index (Phi) is 5.53. The number of aromatic nitrogens is 1. The molecule has 0 aliphatic carbocycles. The maximum atomic E-state index is 5.96. The molecular formula is C9H12Cl2N2OS. The molecule has 0 saturated heterocycles. The van der Waals surface area contributed by atoms with Gasteiger partial charge in [-0.05, 0) is 12.5 Å². The van der Waals surface area contributed by atoms with Crippen LogP contribution < -0.4 is 5.73 Å². The highest BCUT2D eigenvalue weighted by atomic mass is 35.5. The van der Waals surface area contributed by atoms with E-state index in [-0.39, 0.29) is 0 Å². The Morgan fingerprint density at radius 2 is 2.20 bits per heavy atom. The molecule has 0 amide bonds. The number of ether oxygens (including phenoxy) is 1. The number of nitrogens with two attached hydrogens (primary N) is 1. The van der Waals surface area contributed by atoms with Crippen molar-refractivity contribution in [1.82, 2.24) is 4.98 Å². The second-order valence-corrected chi connectivity index (χ2v) is 4.74. The van der Waals surface area contributed by atoms with Gasteiger partial charge >= 0.3 is 0 Å². The summed E-state index contributed by atoms with van der Waals surface area (Å²) in [5, 5.41) is 1.65. The molecule has 2 N–H and O–H groups in total. The minimum atomic E-state index is 0.315. The molecule has 0 aromatic carbocycles. The van der Waals surface area contributed by atoms with Crippen molar-refractivity contribution in [2.75, 3.05) is 25.2 Å².